The molecule has 5 heteroatoms. The van der Waals surface area contributed by atoms with Gasteiger partial charge in [-0.05, 0) is 29.7 Å². The molecule has 0 saturated carbocycles. The van der Waals surface area contributed by atoms with Crippen molar-refractivity contribution in [2.24, 2.45) is 11.7 Å². The molecule has 0 unspecified atom stereocenters. The van der Waals surface area contributed by atoms with Crippen molar-refractivity contribution in [3.8, 4) is 0 Å². The normalized spacial score (nSPS) is 14.4. The second kappa shape index (κ2) is 6.55. The van der Waals surface area contributed by atoms with E-state index in [1.807, 2.05) is 13.8 Å². The van der Waals surface area contributed by atoms with Gasteiger partial charge >= 0.3 is 0 Å². The van der Waals surface area contributed by atoms with Crippen molar-refractivity contribution >= 4 is 28.3 Å². The minimum absolute atomic E-state index is 0. The molecule has 0 aromatic heterocycles. The van der Waals surface area contributed by atoms with Gasteiger partial charge in [0.05, 0.1) is 12.1 Å². The number of halogens is 3. The molecular weight excluding hydrogens is 296 g/mol. The lowest BCUT2D eigenvalue weighted by atomic mass is 9.94. The summed E-state index contributed by atoms with van der Waals surface area (Å²) in [6.07, 6.45) is -0.668. The highest BCUT2D eigenvalue weighted by Gasteiger charge is 2.20. The minimum Gasteiger partial charge on any atom is -0.391 e. The number of aliphatic hydroxyl groups is 1. The van der Waals surface area contributed by atoms with Crippen LogP contribution in [-0.2, 0) is 0 Å². The van der Waals surface area contributed by atoms with Gasteiger partial charge in [-0.2, -0.15) is 0 Å². The van der Waals surface area contributed by atoms with Gasteiger partial charge in [0.25, 0.3) is 0 Å². The first-order valence-electron chi connectivity index (χ1n) is 4.81. The fourth-order valence-corrected chi connectivity index (χ4v) is 1.86. The first kappa shape index (κ1) is 15.8. The Morgan fingerprint density at radius 3 is 2.31 bits per heavy atom. The molecule has 2 atom stereocenters. The van der Waals surface area contributed by atoms with Crippen LogP contribution < -0.4 is 5.73 Å². The molecular formula is C11H16BrClFNO. The first-order chi connectivity index (χ1) is 6.91. The topological polar surface area (TPSA) is 46.2 Å². The Hall–Kier alpha value is -0.160. The molecule has 0 heterocycles. The van der Waals surface area contributed by atoms with Crippen LogP contribution in [0.3, 0.4) is 0 Å². The van der Waals surface area contributed by atoms with Gasteiger partial charge in [0.15, 0.2) is 0 Å². The van der Waals surface area contributed by atoms with Crippen LogP contribution in [0, 0.1) is 11.7 Å². The van der Waals surface area contributed by atoms with Crippen molar-refractivity contribution in [1.29, 1.82) is 0 Å². The predicted molar refractivity (Wildman–Crippen MR) is 69.1 cm³/mol. The second-order valence-electron chi connectivity index (χ2n) is 3.96. The Morgan fingerprint density at radius 2 is 1.88 bits per heavy atom. The number of hydrogen-bond acceptors (Lipinski definition) is 2. The third kappa shape index (κ3) is 4.01. The number of aliphatic hydroxyl groups excluding tert-OH is 1. The van der Waals surface area contributed by atoms with Crippen molar-refractivity contribution in [2.75, 3.05) is 0 Å². The summed E-state index contributed by atoms with van der Waals surface area (Å²) in [5.41, 5.74) is 6.44. The van der Waals surface area contributed by atoms with Crippen LogP contribution >= 0.6 is 28.3 Å². The molecule has 1 aromatic carbocycles. The van der Waals surface area contributed by atoms with Crippen molar-refractivity contribution in [2.45, 2.75) is 26.0 Å². The molecule has 0 saturated heterocycles. The Bertz CT molecular complexity index is 329. The zero-order valence-electron chi connectivity index (χ0n) is 9.15. The van der Waals surface area contributed by atoms with Crippen molar-refractivity contribution in [3.05, 3.63) is 34.1 Å². The summed E-state index contributed by atoms with van der Waals surface area (Å²) in [6, 6.07) is 3.87. The SMILES string of the molecule is CC(C)[C@H](O)[C@H](N)c1cc(F)cc(Br)c1.Cl. The van der Waals surface area contributed by atoms with Crippen LogP contribution in [0.4, 0.5) is 4.39 Å². The van der Waals surface area contributed by atoms with Gasteiger partial charge in [0.1, 0.15) is 5.82 Å². The lowest BCUT2D eigenvalue weighted by Gasteiger charge is -2.22. The van der Waals surface area contributed by atoms with Gasteiger partial charge < -0.3 is 10.8 Å². The van der Waals surface area contributed by atoms with Crippen molar-refractivity contribution < 1.29 is 9.50 Å². The molecule has 0 spiro atoms. The number of rotatable bonds is 3. The van der Waals surface area contributed by atoms with Crippen LogP contribution in [0.2, 0.25) is 0 Å². The zero-order valence-corrected chi connectivity index (χ0v) is 11.6. The monoisotopic (exact) mass is 311 g/mol. The summed E-state index contributed by atoms with van der Waals surface area (Å²) < 4.78 is 13.7. The standard InChI is InChI=1S/C11H15BrFNO.ClH/c1-6(2)11(15)10(14)7-3-8(12)5-9(13)4-7;/h3-6,10-11,15H,14H2,1-2H3;1H/t10-,11+;/m1./s1. The summed E-state index contributed by atoms with van der Waals surface area (Å²) in [5, 5.41) is 9.77. The van der Waals surface area contributed by atoms with Crippen LogP contribution in [0.25, 0.3) is 0 Å². The summed E-state index contributed by atoms with van der Waals surface area (Å²) in [6.45, 7) is 3.75. The van der Waals surface area contributed by atoms with Gasteiger partial charge in [-0.25, -0.2) is 4.39 Å². The van der Waals surface area contributed by atoms with Crippen molar-refractivity contribution in [3.63, 3.8) is 0 Å². The van der Waals surface area contributed by atoms with Gasteiger partial charge in [0.2, 0.25) is 0 Å². The summed E-state index contributed by atoms with van der Waals surface area (Å²) >= 11 is 3.19. The molecule has 0 bridgehead atoms. The lowest BCUT2D eigenvalue weighted by molar-refractivity contribution is 0.0978. The molecule has 1 aromatic rings. The Kier molecular flexibility index (Phi) is 6.48. The van der Waals surface area contributed by atoms with E-state index in [4.69, 9.17) is 5.73 Å². The van der Waals surface area contributed by atoms with E-state index in [0.717, 1.165) is 0 Å². The average molecular weight is 313 g/mol. The maximum atomic E-state index is 13.1. The minimum atomic E-state index is -0.668. The molecule has 0 aliphatic rings. The fourth-order valence-electron chi connectivity index (χ4n) is 1.38. The van der Waals surface area contributed by atoms with E-state index >= 15 is 0 Å². The number of hydrogen-bond donors (Lipinski definition) is 2. The van der Waals surface area contributed by atoms with E-state index in [0.29, 0.717) is 10.0 Å². The van der Waals surface area contributed by atoms with Crippen LogP contribution in [0.1, 0.15) is 25.5 Å². The predicted octanol–water partition coefficient (Wildman–Crippen LogP) is 3.03. The summed E-state index contributed by atoms with van der Waals surface area (Å²) in [5.74, 6) is -0.312. The van der Waals surface area contributed by atoms with E-state index < -0.39 is 12.1 Å². The molecule has 1 rings (SSSR count). The molecule has 0 aliphatic heterocycles. The molecule has 0 aliphatic carbocycles. The highest BCUT2D eigenvalue weighted by molar-refractivity contribution is 9.10. The fraction of sp³-hybridized carbons (Fsp3) is 0.455. The molecule has 92 valence electrons. The Labute approximate surface area is 110 Å². The van der Waals surface area contributed by atoms with Crippen LogP contribution in [0.5, 0.6) is 0 Å². The van der Waals surface area contributed by atoms with Gasteiger partial charge in [0, 0.05) is 4.47 Å². The van der Waals surface area contributed by atoms with E-state index in [2.05, 4.69) is 15.9 Å². The molecule has 2 nitrogen and oxygen atoms in total. The van der Waals surface area contributed by atoms with E-state index in [-0.39, 0.29) is 24.1 Å². The Morgan fingerprint density at radius 1 is 1.31 bits per heavy atom. The maximum Gasteiger partial charge on any atom is 0.124 e. The average Bonchev–Trinajstić information content (AvgIpc) is 2.13. The quantitative estimate of drug-likeness (QED) is 0.901. The van der Waals surface area contributed by atoms with Gasteiger partial charge in [-0.15, -0.1) is 12.4 Å². The molecule has 0 radical (unpaired) electrons. The highest BCUT2D eigenvalue weighted by Crippen LogP contribution is 2.23. The largest absolute Gasteiger partial charge is 0.391 e. The molecule has 16 heavy (non-hydrogen) atoms. The first-order valence-corrected chi connectivity index (χ1v) is 5.60. The molecule has 0 fully saturated rings. The van der Waals surface area contributed by atoms with Crippen LogP contribution in [-0.4, -0.2) is 11.2 Å². The summed E-state index contributed by atoms with van der Waals surface area (Å²) in [7, 11) is 0. The maximum absolute atomic E-state index is 13.1. The van der Waals surface area contributed by atoms with Gasteiger partial charge in [-0.3, -0.25) is 0 Å². The van der Waals surface area contributed by atoms with E-state index in [9.17, 15) is 9.50 Å². The smallest absolute Gasteiger partial charge is 0.124 e. The van der Waals surface area contributed by atoms with Crippen molar-refractivity contribution in [1.82, 2.24) is 0 Å². The molecule has 3 N–H and O–H groups in total. The number of nitrogens with two attached hydrogens (primary N) is 1. The van der Waals surface area contributed by atoms with E-state index in [1.54, 1.807) is 6.07 Å². The second-order valence-corrected chi connectivity index (χ2v) is 4.88. The third-order valence-electron chi connectivity index (χ3n) is 2.32. The van der Waals surface area contributed by atoms with Crippen LogP contribution in [0.15, 0.2) is 22.7 Å². The zero-order chi connectivity index (χ0) is 11.6. The van der Waals surface area contributed by atoms with E-state index in [1.165, 1.54) is 12.1 Å². The third-order valence-corrected chi connectivity index (χ3v) is 2.78. The highest BCUT2D eigenvalue weighted by atomic mass is 79.9. The van der Waals surface area contributed by atoms with Gasteiger partial charge in [-0.1, -0.05) is 29.8 Å². The molecule has 0 amide bonds. The number of benzene rings is 1. The summed E-state index contributed by atoms with van der Waals surface area (Å²) in [4.78, 5) is 0. The lowest BCUT2D eigenvalue weighted by Crippen LogP contribution is -2.30. The Balaban J connectivity index is 0.00000225.